The third-order valence-electron chi connectivity index (χ3n) is 11.2. The minimum atomic E-state index is 1.14. The highest BCUT2D eigenvalue weighted by Gasteiger charge is 2.23. The molecule has 0 aliphatic heterocycles. The highest BCUT2D eigenvalue weighted by Crippen LogP contribution is 2.49. The highest BCUT2D eigenvalue weighted by molar-refractivity contribution is 7.26. The zero-order valence-electron chi connectivity index (χ0n) is 30.1. The lowest BCUT2D eigenvalue weighted by Crippen LogP contribution is -2.11. The van der Waals surface area contributed by atoms with E-state index in [9.17, 15) is 0 Å². The van der Waals surface area contributed by atoms with Crippen molar-refractivity contribution < 1.29 is 0 Å². The van der Waals surface area contributed by atoms with Crippen LogP contribution in [0.3, 0.4) is 0 Å². The number of hydrogen-bond acceptors (Lipinski definition) is 4. The molecule has 1 nitrogen and oxygen atoms in total. The molecule has 4 heteroatoms. The van der Waals surface area contributed by atoms with Crippen LogP contribution in [-0.2, 0) is 0 Å². The van der Waals surface area contributed by atoms with E-state index in [-0.39, 0.29) is 0 Å². The first kappa shape index (κ1) is 32.0. The van der Waals surface area contributed by atoms with Crippen LogP contribution in [-0.4, -0.2) is 0 Å². The van der Waals surface area contributed by atoms with Crippen LogP contribution in [0.1, 0.15) is 0 Å². The van der Waals surface area contributed by atoms with Gasteiger partial charge in [-0.05, 0) is 100 Å². The topological polar surface area (TPSA) is 3.24 Å². The van der Waals surface area contributed by atoms with Crippen molar-refractivity contribution in [3.8, 4) is 22.3 Å². The largest absolute Gasteiger partial charge is 0.310 e. The first-order valence-electron chi connectivity index (χ1n) is 18.9. The van der Waals surface area contributed by atoms with Gasteiger partial charge in [0, 0.05) is 77.5 Å². The second-order valence-electron chi connectivity index (χ2n) is 14.5. The van der Waals surface area contributed by atoms with Crippen molar-refractivity contribution in [2.45, 2.75) is 0 Å². The van der Waals surface area contributed by atoms with Crippen LogP contribution >= 0.6 is 34.0 Å². The van der Waals surface area contributed by atoms with Gasteiger partial charge in [0.05, 0.1) is 5.69 Å². The number of fused-ring (bicyclic) bond motifs is 10. The van der Waals surface area contributed by atoms with Crippen LogP contribution in [0.4, 0.5) is 17.1 Å². The minimum absolute atomic E-state index is 1.14. The summed E-state index contributed by atoms with van der Waals surface area (Å²) < 4.78 is 7.85. The fourth-order valence-corrected chi connectivity index (χ4v) is 12.0. The van der Waals surface area contributed by atoms with Gasteiger partial charge in [0.25, 0.3) is 0 Å². The molecule has 0 amide bonds. The van der Waals surface area contributed by atoms with Gasteiger partial charge in [-0.1, -0.05) is 115 Å². The van der Waals surface area contributed by atoms with E-state index in [0.29, 0.717) is 0 Å². The highest BCUT2D eigenvalue weighted by atomic mass is 32.1. The van der Waals surface area contributed by atoms with E-state index in [1.54, 1.807) is 0 Å². The maximum Gasteiger partial charge on any atom is 0.0546 e. The average molecular weight is 766 g/mol. The molecule has 0 bridgehead atoms. The van der Waals surface area contributed by atoms with Crippen LogP contribution in [0.2, 0.25) is 0 Å². The fraction of sp³-hybridized carbons (Fsp3) is 0. The molecule has 262 valence electrons. The molecule has 12 rings (SSSR count). The number of hydrogen-bond donors (Lipinski definition) is 0. The Morgan fingerprint density at radius 2 is 0.839 bits per heavy atom. The van der Waals surface area contributed by atoms with Gasteiger partial charge < -0.3 is 4.90 Å². The summed E-state index contributed by atoms with van der Waals surface area (Å²) in [5.74, 6) is 0. The quantitative estimate of drug-likeness (QED) is 0.169. The number of benzene rings is 9. The Labute approximate surface area is 335 Å². The van der Waals surface area contributed by atoms with Gasteiger partial charge in [-0.2, -0.15) is 0 Å². The minimum Gasteiger partial charge on any atom is -0.310 e. The van der Waals surface area contributed by atoms with Gasteiger partial charge in [-0.15, -0.1) is 34.0 Å². The maximum atomic E-state index is 2.50. The maximum absolute atomic E-state index is 2.50. The summed E-state index contributed by atoms with van der Waals surface area (Å²) in [6.45, 7) is 0. The molecule has 3 heterocycles. The van der Waals surface area contributed by atoms with Crippen molar-refractivity contribution in [3.05, 3.63) is 188 Å². The molecule has 0 atom stereocenters. The summed E-state index contributed by atoms with van der Waals surface area (Å²) in [5, 5.41) is 10.4. The van der Waals surface area contributed by atoms with Crippen LogP contribution in [0.15, 0.2) is 188 Å². The molecule has 0 radical (unpaired) electrons. The molecule has 0 unspecified atom stereocenters. The second kappa shape index (κ2) is 12.6. The molecular formula is C52H31NS3. The Morgan fingerprint density at radius 3 is 1.54 bits per heavy atom. The predicted octanol–water partition coefficient (Wildman–Crippen LogP) is 16.7. The van der Waals surface area contributed by atoms with E-state index in [4.69, 9.17) is 0 Å². The molecule has 0 spiro atoms. The third-order valence-corrected chi connectivity index (χ3v) is 14.7. The Hall–Kier alpha value is -6.30. The molecule has 56 heavy (non-hydrogen) atoms. The summed E-state index contributed by atoms with van der Waals surface area (Å²) in [7, 11) is 0. The van der Waals surface area contributed by atoms with E-state index in [2.05, 4.69) is 193 Å². The normalized spacial score (nSPS) is 11.9. The van der Waals surface area contributed by atoms with Crippen molar-refractivity contribution in [2.75, 3.05) is 4.90 Å². The van der Waals surface area contributed by atoms with Crippen molar-refractivity contribution in [3.63, 3.8) is 0 Å². The summed E-state index contributed by atoms with van der Waals surface area (Å²) in [5.41, 5.74) is 8.26. The van der Waals surface area contributed by atoms with Gasteiger partial charge in [-0.3, -0.25) is 0 Å². The first-order valence-corrected chi connectivity index (χ1v) is 21.4. The average Bonchev–Trinajstić information content (AvgIpc) is 3.93. The van der Waals surface area contributed by atoms with Crippen LogP contribution < -0.4 is 4.90 Å². The van der Waals surface area contributed by atoms with Crippen molar-refractivity contribution >= 4 is 122 Å². The van der Waals surface area contributed by atoms with E-state index in [0.717, 1.165) is 17.1 Å². The lowest BCUT2D eigenvalue weighted by atomic mass is 9.91. The fourth-order valence-electron chi connectivity index (χ4n) is 8.64. The lowest BCUT2D eigenvalue weighted by Gasteiger charge is -2.29. The van der Waals surface area contributed by atoms with Crippen molar-refractivity contribution in [1.29, 1.82) is 0 Å². The van der Waals surface area contributed by atoms with E-state index in [1.165, 1.54) is 93.5 Å². The Kier molecular flexibility index (Phi) is 7.21. The summed E-state index contributed by atoms with van der Waals surface area (Å²) in [6.07, 6.45) is 0. The molecule has 9 aromatic carbocycles. The van der Waals surface area contributed by atoms with E-state index < -0.39 is 0 Å². The predicted molar refractivity (Wildman–Crippen MR) is 248 cm³/mol. The van der Waals surface area contributed by atoms with Gasteiger partial charge in [0.2, 0.25) is 0 Å². The molecule has 3 aromatic heterocycles. The molecule has 0 saturated carbocycles. The van der Waals surface area contributed by atoms with Crippen LogP contribution in [0.5, 0.6) is 0 Å². The SMILES string of the molecule is c1ccc(-c2cccc(N(c3ccc4sc5ccccc5c4c3)c3ccc4sc5ccccc5c4c3)c2-c2ccc3c(c2)sc2cc4ccccc4cc23)cc1. The second-order valence-corrected chi connectivity index (χ2v) is 17.7. The summed E-state index contributed by atoms with van der Waals surface area (Å²) >= 11 is 5.62. The van der Waals surface area contributed by atoms with Gasteiger partial charge in [0.1, 0.15) is 0 Å². The summed E-state index contributed by atoms with van der Waals surface area (Å²) in [6, 6.07) is 69.9. The van der Waals surface area contributed by atoms with Gasteiger partial charge in [-0.25, -0.2) is 0 Å². The van der Waals surface area contributed by atoms with Crippen molar-refractivity contribution in [1.82, 2.24) is 0 Å². The van der Waals surface area contributed by atoms with Crippen LogP contribution in [0.25, 0.3) is 93.5 Å². The molecule has 0 aliphatic carbocycles. The molecule has 0 aliphatic rings. The zero-order chi connectivity index (χ0) is 36.7. The summed E-state index contributed by atoms with van der Waals surface area (Å²) in [4.78, 5) is 2.50. The van der Waals surface area contributed by atoms with Crippen LogP contribution in [0, 0.1) is 0 Å². The molecule has 0 saturated heterocycles. The van der Waals surface area contributed by atoms with Crippen molar-refractivity contribution in [2.24, 2.45) is 0 Å². The van der Waals surface area contributed by atoms with E-state index >= 15 is 0 Å². The Balaban J connectivity index is 1.15. The number of anilines is 3. The Bertz CT molecular complexity index is 3380. The van der Waals surface area contributed by atoms with Gasteiger partial charge >= 0.3 is 0 Å². The first-order chi connectivity index (χ1) is 27.7. The third kappa shape index (κ3) is 5.04. The molecule has 12 aromatic rings. The van der Waals surface area contributed by atoms with Gasteiger partial charge in [0.15, 0.2) is 0 Å². The lowest BCUT2D eigenvalue weighted by molar-refractivity contribution is 1.30. The standard InChI is InChI=1S/C52H31NS3/c1-2-11-32(12-3-1)38-17-10-18-45(52(38)35-21-24-41-42-27-33-13-4-5-14-34(33)28-51(42)56-50(41)29-35)53(36-22-25-48-43(30-36)39-15-6-8-19-46(39)54-48)37-23-26-49-44(31-37)40-16-7-9-20-47(40)55-49/h1-31H. The Morgan fingerprint density at radius 1 is 0.304 bits per heavy atom. The number of thiophene rings is 3. The molecule has 0 N–H and O–H groups in total. The van der Waals surface area contributed by atoms with E-state index in [1.807, 2.05) is 34.0 Å². The monoisotopic (exact) mass is 765 g/mol. The zero-order valence-corrected chi connectivity index (χ0v) is 32.5. The number of rotatable bonds is 5. The smallest absolute Gasteiger partial charge is 0.0546 e. The molecule has 0 fully saturated rings. The molecular weight excluding hydrogens is 735 g/mol. The number of nitrogens with zero attached hydrogens (tertiary/aromatic N) is 1.